The molecule has 2 fully saturated rings. The minimum absolute atomic E-state index is 0. The minimum atomic E-state index is 0. The SMILES string of the molecule is Cl.c1ccc(-n2ncc(CN3CCC4(CCNC4)C3)n2)cc1. The molecule has 0 aliphatic carbocycles. The fourth-order valence-corrected chi connectivity index (χ4v) is 3.59. The Labute approximate surface area is 137 Å². The van der Waals surface area contributed by atoms with Crippen molar-refractivity contribution in [1.82, 2.24) is 25.2 Å². The zero-order valence-electron chi connectivity index (χ0n) is 12.6. The van der Waals surface area contributed by atoms with Gasteiger partial charge in [-0.1, -0.05) is 18.2 Å². The summed E-state index contributed by atoms with van der Waals surface area (Å²) in [6.07, 6.45) is 4.53. The van der Waals surface area contributed by atoms with Crippen LogP contribution in [0.5, 0.6) is 0 Å². The average molecular weight is 320 g/mol. The number of benzene rings is 1. The normalized spacial score (nSPS) is 24.7. The van der Waals surface area contributed by atoms with Gasteiger partial charge in [-0.2, -0.15) is 15.0 Å². The molecule has 22 heavy (non-hydrogen) atoms. The lowest BCUT2D eigenvalue weighted by Gasteiger charge is -2.22. The standard InChI is InChI=1S/C16H21N5.ClH/c1-2-4-15(5-3-1)21-18-10-14(19-21)11-20-9-7-16(13-20)6-8-17-12-16;/h1-5,10,17H,6-9,11-13H2;1H. The van der Waals surface area contributed by atoms with E-state index in [1.807, 2.05) is 36.5 Å². The molecule has 4 rings (SSSR count). The van der Waals surface area contributed by atoms with Crippen LogP contribution in [0, 0.1) is 5.41 Å². The monoisotopic (exact) mass is 319 g/mol. The Morgan fingerprint density at radius 1 is 1.18 bits per heavy atom. The lowest BCUT2D eigenvalue weighted by atomic mass is 9.87. The van der Waals surface area contributed by atoms with Crippen LogP contribution < -0.4 is 5.32 Å². The third-order valence-electron chi connectivity index (χ3n) is 4.76. The highest BCUT2D eigenvalue weighted by Gasteiger charge is 2.40. The smallest absolute Gasteiger partial charge is 0.0971 e. The van der Waals surface area contributed by atoms with E-state index in [-0.39, 0.29) is 12.4 Å². The van der Waals surface area contributed by atoms with Crippen molar-refractivity contribution in [2.75, 3.05) is 26.2 Å². The Bertz CT molecular complexity index is 606. The molecule has 2 aliphatic rings. The highest BCUT2D eigenvalue weighted by atomic mass is 35.5. The van der Waals surface area contributed by atoms with Crippen LogP contribution in [0.1, 0.15) is 18.5 Å². The van der Waals surface area contributed by atoms with E-state index in [4.69, 9.17) is 0 Å². The van der Waals surface area contributed by atoms with Crippen LogP contribution in [0.2, 0.25) is 0 Å². The van der Waals surface area contributed by atoms with Crippen molar-refractivity contribution < 1.29 is 0 Å². The fourth-order valence-electron chi connectivity index (χ4n) is 3.59. The molecule has 0 saturated carbocycles. The molecule has 1 spiro atoms. The van der Waals surface area contributed by atoms with Gasteiger partial charge in [-0.05, 0) is 43.5 Å². The summed E-state index contributed by atoms with van der Waals surface area (Å²) in [5.41, 5.74) is 2.60. The van der Waals surface area contributed by atoms with Crippen LogP contribution in [0.3, 0.4) is 0 Å². The summed E-state index contributed by atoms with van der Waals surface area (Å²) >= 11 is 0. The van der Waals surface area contributed by atoms with Crippen molar-refractivity contribution in [3.63, 3.8) is 0 Å². The van der Waals surface area contributed by atoms with Gasteiger partial charge in [0.1, 0.15) is 0 Å². The van der Waals surface area contributed by atoms with Crippen molar-refractivity contribution in [1.29, 1.82) is 0 Å². The molecule has 1 aromatic heterocycles. The van der Waals surface area contributed by atoms with Crippen molar-refractivity contribution in [2.45, 2.75) is 19.4 Å². The first-order valence-corrected chi connectivity index (χ1v) is 7.73. The number of nitrogens with one attached hydrogen (secondary N) is 1. The number of hydrogen-bond donors (Lipinski definition) is 1. The minimum Gasteiger partial charge on any atom is -0.316 e. The van der Waals surface area contributed by atoms with E-state index in [9.17, 15) is 0 Å². The Balaban J connectivity index is 0.00000144. The number of likely N-dealkylation sites (tertiary alicyclic amines) is 1. The summed E-state index contributed by atoms with van der Waals surface area (Å²) in [6.45, 7) is 5.64. The molecule has 1 unspecified atom stereocenters. The molecule has 5 nitrogen and oxygen atoms in total. The number of nitrogens with zero attached hydrogens (tertiary/aromatic N) is 4. The van der Waals surface area contributed by atoms with Gasteiger partial charge < -0.3 is 5.32 Å². The molecule has 0 bridgehead atoms. The zero-order valence-corrected chi connectivity index (χ0v) is 13.4. The molecular formula is C16H22ClN5. The van der Waals surface area contributed by atoms with E-state index in [0.717, 1.165) is 17.9 Å². The maximum atomic E-state index is 4.61. The average Bonchev–Trinajstić information content (AvgIpc) is 3.24. The lowest BCUT2D eigenvalue weighted by molar-refractivity contribution is 0.266. The van der Waals surface area contributed by atoms with Crippen molar-refractivity contribution >= 4 is 12.4 Å². The van der Waals surface area contributed by atoms with Gasteiger partial charge in [0, 0.05) is 19.6 Å². The Morgan fingerprint density at radius 2 is 2.05 bits per heavy atom. The number of aromatic nitrogens is 3. The van der Waals surface area contributed by atoms with E-state index in [1.54, 1.807) is 4.80 Å². The Kier molecular flexibility index (Phi) is 4.47. The predicted octanol–water partition coefficient (Wildman–Crippen LogP) is 1.87. The quantitative estimate of drug-likeness (QED) is 0.938. The fraction of sp³-hybridized carbons (Fsp3) is 0.500. The lowest BCUT2D eigenvalue weighted by Crippen LogP contribution is -2.29. The van der Waals surface area contributed by atoms with Gasteiger partial charge in [0.15, 0.2) is 0 Å². The first-order chi connectivity index (χ1) is 10.3. The predicted molar refractivity (Wildman–Crippen MR) is 88.4 cm³/mol. The largest absolute Gasteiger partial charge is 0.316 e. The first kappa shape index (κ1) is 15.5. The van der Waals surface area contributed by atoms with E-state index >= 15 is 0 Å². The molecule has 118 valence electrons. The number of hydrogen-bond acceptors (Lipinski definition) is 4. The van der Waals surface area contributed by atoms with Gasteiger partial charge in [-0.25, -0.2) is 0 Å². The van der Waals surface area contributed by atoms with E-state index in [2.05, 4.69) is 20.4 Å². The summed E-state index contributed by atoms with van der Waals surface area (Å²) in [5, 5.41) is 12.5. The van der Waals surface area contributed by atoms with Crippen LogP contribution in [-0.4, -0.2) is 46.1 Å². The summed E-state index contributed by atoms with van der Waals surface area (Å²) in [4.78, 5) is 4.24. The second-order valence-corrected chi connectivity index (χ2v) is 6.35. The van der Waals surface area contributed by atoms with Crippen molar-refractivity contribution in [3.8, 4) is 5.69 Å². The highest BCUT2D eigenvalue weighted by Crippen LogP contribution is 2.36. The molecule has 3 heterocycles. The third kappa shape index (κ3) is 3.02. The van der Waals surface area contributed by atoms with Gasteiger partial charge in [-0.15, -0.1) is 12.4 Å². The van der Waals surface area contributed by atoms with Gasteiger partial charge in [0.05, 0.1) is 17.6 Å². The number of para-hydroxylation sites is 1. The number of halogens is 1. The molecule has 2 aromatic rings. The van der Waals surface area contributed by atoms with E-state index in [0.29, 0.717) is 5.41 Å². The van der Waals surface area contributed by atoms with Crippen molar-refractivity contribution in [2.24, 2.45) is 5.41 Å². The molecule has 1 N–H and O–H groups in total. The van der Waals surface area contributed by atoms with E-state index in [1.165, 1.54) is 39.0 Å². The van der Waals surface area contributed by atoms with Gasteiger partial charge in [-0.3, -0.25) is 4.90 Å². The number of rotatable bonds is 3. The van der Waals surface area contributed by atoms with Crippen LogP contribution >= 0.6 is 12.4 Å². The second kappa shape index (κ2) is 6.36. The maximum absolute atomic E-state index is 4.61. The summed E-state index contributed by atoms with van der Waals surface area (Å²) in [6, 6.07) is 10.1. The maximum Gasteiger partial charge on any atom is 0.0971 e. The molecule has 2 saturated heterocycles. The van der Waals surface area contributed by atoms with Crippen LogP contribution in [0.25, 0.3) is 5.69 Å². The summed E-state index contributed by atoms with van der Waals surface area (Å²) in [7, 11) is 0. The topological polar surface area (TPSA) is 46.0 Å². The third-order valence-corrected chi connectivity index (χ3v) is 4.76. The molecule has 2 aliphatic heterocycles. The zero-order chi connectivity index (χ0) is 14.1. The summed E-state index contributed by atoms with van der Waals surface area (Å²) < 4.78 is 0. The summed E-state index contributed by atoms with van der Waals surface area (Å²) in [5.74, 6) is 0. The second-order valence-electron chi connectivity index (χ2n) is 6.35. The van der Waals surface area contributed by atoms with Crippen LogP contribution in [-0.2, 0) is 6.54 Å². The Morgan fingerprint density at radius 3 is 2.82 bits per heavy atom. The van der Waals surface area contributed by atoms with Gasteiger partial charge in [0.25, 0.3) is 0 Å². The molecule has 6 heteroatoms. The molecule has 0 radical (unpaired) electrons. The molecule has 0 amide bonds. The molecule has 1 aromatic carbocycles. The van der Waals surface area contributed by atoms with Crippen molar-refractivity contribution in [3.05, 3.63) is 42.2 Å². The van der Waals surface area contributed by atoms with Crippen LogP contribution in [0.15, 0.2) is 36.5 Å². The molecular weight excluding hydrogens is 298 g/mol. The van der Waals surface area contributed by atoms with Gasteiger partial charge in [0.2, 0.25) is 0 Å². The van der Waals surface area contributed by atoms with E-state index < -0.39 is 0 Å². The molecule has 1 atom stereocenters. The highest BCUT2D eigenvalue weighted by molar-refractivity contribution is 5.85. The first-order valence-electron chi connectivity index (χ1n) is 7.73. The van der Waals surface area contributed by atoms with Gasteiger partial charge >= 0.3 is 0 Å². The Hall–Kier alpha value is -1.43. The van der Waals surface area contributed by atoms with Crippen LogP contribution in [0.4, 0.5) is 0 Å².